The molecule has 1 aliphatic rings. The molecule has 0 unspecified atom stereocenters. The second-order valence-electron chi connectivity index (χ2n) is 4.85. The number of carbonyl (C=O) groups excluding carboxylic acids is 1. The summed E-state index contributed by atoms with van der Waals surface area (Å²) in [7, 11) is 0. The third-order valence-corrected chi connectivity index (χ3v) is 3.45. The van der Waals surface area contributed by atoms with E-state index in [-0.39, 0.29) is 18.0 Å². The van der Waals surface area contributed by atoms with Gasteiger partial charge in [0, 0.05) is 39.6 Å². The molecule has 2 rings (SSSR count). The molecule has 9 nitrogen and oxygen atoms in total. The fourth-order valence-electron chi connectivity index (χ4n) is 2.29. The summed E-state index contributed by atoms with van der Waals surface area (Å²) in [5.41, 5.74) is -1.93. The van der Waals surface area contributed by atoms with E-state index in [4.69, 9.17) is 5.11 Å². The van der Waals surface area contributed by atoms with Crippen LogP contribution in [0.25, 0.3) is 0 Å². The molecule has 114 valence electrons. The van der Waals surface area contributed by atoms with Crippen LogP contribution < -0.4 is 11.2 Å². The summed E-state index contributed by atoms with van der Waals surface area (Å²) in [6.07, 6.45) is 0. The van der Waals surface area contributed by atoms with Crippen LogP contribution in [0.3, 0.4) is 0 Å². The van der Waals surface area contributed by atoms with Gasteiger partial charge in [-0.05, 0) is 0 Å². The zero-order valence-corrected chi connectivity index (χ0v) is 11.5. The predicted octanol–water partition coefficient (Wildman–Crippen LogP) is -1.57. The maximum Gasteiger partial charge on any atom is 0.352 e. The number of carboxylic acid groups (broad SMARTS) is 1. The Kier molecular flexibility index (Phi) is 4.22. The SMILES string of the molecule is CC(=O)N1CCN(Cc2c(C(=O)O)[nH]c(=O)[nH]c2=O)CC1. The van der Waals surface area contributed by atoms with E-state index in [1.807, 2.05) is 9.88 Å². The minimum Gasteiger partial charge on any atom is -0.477 e. The highest BCUT2D eigenvalue weighted by molar-refractivity contribution is 5.86. The number of aromatic amines is 2. The summed E-state index contributed by atoms with van der Waals surface area (Å²) in [5.74, 6) is -1.36. The Labute approximate surface area is 119 Å². The van der Waals surface area contributed by atoms with Crippen molar-refractivity contribution in [2.24, 2.45) is 0 Å². The zero-order valence-electron chi connectivity index (χ0n) is 11.5. The maximum atomic E-state index is 11.8. The molecule has 0 spiro atoms. The molecule has 9 heteroatoms. The lowest BCUT2D eigenvalue weighted by molar-refractivity contribution is -0.130. The van der Waals surface area contributed by atoms with Crippen LogP contribution in [-0.4, -0.2) is 62.9 Å². The average molecular weight is 296 g/mol. The Morgan fingerprint density at radius 2 is 1.76 bits per heavy atom. The van der Waals surface area contributed by atoms with Crippen LogP contribution in [-0.2, 0) is 11.3 Å². The first-order chi connectivity index (χ1) is 9.88. The van der Waals surface area contributed by atoms with E-state index in [9.17, 15) is 19.2 Å². The highest BCUT2D eigenvalue weighted by atomic mass is 16.4. The second kappa shape index (κ2) is 5.92. The number of nitrogens with one attached hydrogen (secondary N) is 2. The number of nitrogens with zero attached hydrogens (tertiary/aromatic N) is 2. The van der Waals surface area contributed by atoms with E-state index < -0.39 is 22.9 Å². The number of rotatable bonds is 3. The van der Waals surface area contributed by atoms with Gasteiger partial charge in [0.25, 0.3) is 5.56 Å². The second-order valence-corrected chi connectivity index (χ2v) is 4.85. The molecule has 3 N–H and O–H groups in total. The monoisotopic (exact) mass is 296 g/mol. The minimum absolute atomic E-state index is 0.0113. The molecule has 1 saturated heterocycles. The van der Waals surface area contributed by atoms with Gasteiger partial charge in [-0.25, -0.2) is 9.59 Å². The Balaban J connectivity index is 2.18. The third kappa shape index (κ3) is 3.37. The molecule has 0 aliphatic carbocycles. The molecule has 1 aromatic rings. The number of aromatic nitrogens is 2. The minimum atomic E-state index is -1.35. The summed E-state index contributed by atoms with van der Waals surface area (Å²) in [6, 6.07) is 0. The molecule has 1 fully saturated rings. The first kappa shape index (κ1) is 15.0. The average Bonchev–Trinajstić information content (AvgIpc) is 2.41. The van der Waals surface area contributed by atoms with E-state index in [0.717, 1.165) is 0 Å². The van der Waals surface area contributed by atoms with Crippen molar-refractivity contribution in [2.45, 2.75) is 13.5 Å². The maximum absolute atomic E-state index is 11.8. The van der Waals surface area contributed by atoms with Crippen LogP contribution in [0.2, 0.25) is 0 Å². The lowest BCUT2D eigenvalue weighted by Crippen LogP contribution is -2.48. The van der Waals surface area contributed by atoms with Crippen molar-refractivity contribution < 1.29 is 14.7 Å². The summed E-state index contributed by atoms with van der Waals surface area (Å²) in [5, 5.41) is 9.06. The first-order valence-corrected chi connectivity index (χ1v) is 6.45. The van der Waals surface area contributed by atoms with Crippen LogP contribution in [0.15, 0.2) is 9.59 Å². The molecule has 0 radical (unpaired) electrons. The highest BCUT2D eigenvalue weighted by Gasteiger charge is 2.22. The fourth-order valence-corrected chi connectivity index (χ4v) is 2.29. The van der Waals surface area contributed by atoms with E-state index >= 15 is 0 Å². The number of carboxylic acids is 1. The Morgan fingerprint density at radius 1 is 1.14 bits per heavy atom. The van der Waals surface area contributed by atoms with E-state index in [2.05, 4.69) is 4.98 Å². The van der Waals surface area contributed by atoms with E-state index in [1.54, 1.807) is 4.90 Å². The van der Waals surface area contributed by atoms with Gasteiger partial charge in [-0.15, -0.1) is 0 Å². The normalized spacial score (nSPS) is 16.0. The van der Waals surface area contributed by atoms with Crippen LogP contribution in [0, 0.1) is 0 Å². The van der Waals surface area contributed by atoms with Crippen LogP contribution in [0.5, 0.6) is 0 Å². The molecule has 0 bridgehead atoms. The number of piperazine rings is 1. The number of aromatic carboxylic acids is 1. The first-order valence-electron chi connectivity index (χ1n) is 6.45. The molecule has 1 amide bonds. The van der Waals surface area contributed by atoms with Crippen LogP contribution in [0.4, 0.5) is 0 Å². The standard InChI is InChI=1S/C12H16N4O5/c1-7(17)16-4-2-15(3-5-16)6-8-9(11(19)20)13-12(21)14-10(8)18/h2-6H2,1H3,(H,19,20)(H2,13,14,18,21). The highest BCUT2D eigenvalue weighted by Crippen LogP contribution is 2.08. The van der Waals surface area contributed by atoms with Gasteiger partial charge >= 0.3 is 11.7 Å². The number of hydrogen-bond donors (Lipinski definition) is 3. The largest absolute Gasteiger partial charge is 0.477 e. The Hall–Kier alpha value is -2.42. The molecule has 0 aromatic carbocycles. The predicted molar refractivity (Wildman–Crippen MR) is 72.2 cm³/mol. The molecule has 21 heavy (non-hydrogen) atoms. The summed E-state index contributed by atoms with van der Waals surface area (Å²) in [4.78, 5) is 53.0. The van der Waals surface area contributed by atoms with Crippen molar-refractivity contribution in [3.8, 4) is 0 Å². The van der Waals surface area contributed by atoms with Crippen LogP contribution in [0.1, 0.15) is 23.0 Å². The molecular weight excluding hydrogens is 280 g/mol. The lowest BCUT2D eigenvalue weighted by Gasteiger charge is -2.34. The zero-order chi connectivity index (χ0) is 15.6. The summed E-state index contributed by atoms with van der Waals surface area (Å²) in [6.45, 7) is 3.73. The number of amides is 1. The molecule has 0 saturated carbocycles. The van der Waals surface area contributed by atoms with Crippen molar-refractivity contribution in [3.63, 3.8) is 0 Å². The Morgan fingerprint density at radius 3 is 2.29 bits per heavy atom. The lowest BCUT2D eigenvalue weighted by atomic mass is 10.2. The van der Waals surface area contributed by atoms with Gasteiger partial charge in [0.2, 0.25) is 5.91 Å². The van der Waals surface area contributed by atoms with Gasteiger partial charge in [-0.3, -0.25) is 19.5 Å². The van der Waals surface area contributed by atoms with Gasteiger partial charge in [0.05, 0.1) is 5.56 Å². The van der Waals surface area contributed by atoms with Crippen LogP contribution >= 0.6 is 0 Å². The fraction of sp³-hybridized carbons (Fsp3) is 0.500. The number of carbonyl (C=O) groups is 2. The molecule has 1 aliphatic heterocycles. The topological polar surface area (TPSA) is 127 Å². The smallest absolute Gasteiger partial charge is 0.352 e. The van der Waals surface area contributed by atoms with Gasteiger partial charge in [0.1, 0.15) is 5.69 Å². The third-order valence-electron chi connectivity index (χ3n) is 3.45. The molecule has 2 heterocycles. The van der Waals surface area contributed by atoms with Crippen molar-refractivity contribution in [2.75, 3.05) is 26.2 Å². The summed E-state index contributed by atoms with van der Waals surface area (Å²) >= 11 is 0. The molecule has 1 aromatic heterocycles. The van der Waals surface area contributed by atoms with Crippen molar-refractivity contribution in [1.29, 1.82) is 0 Å². The van der Waals surface area contributed by atoms with Gasteiger partial charge in [-0.2, -0.15) is 0 Å². The summed E-state index contributed by atoms with van der Waals surface area (Å²) < 4.78 is 0. The number of H-pyrrole nitrogens is 2. The van der Waals surface area contributed by atoms with Gasteiger partial charge in [-0.1, -0.05) is 0 Å². The van der Waals surface area contributed by atoms with Crippen molar-refractivity contribution >= 4 is 11.9 Å². The van der Waals surface area contributed by atoms with Crippen molar-refractivity contribution in [3.05, 3.63) is 32.1 Å². The molecular formula is C12H16N4O5. The van der Waals surface area contributed by atoms with Gasteiger partial charge < -0.3 is 15.0 Å². The number of hydrogen-bond acceptors (Lipinski definition) is 5. The van der Waals surface area contributed by atoms with E-state index in [1.165, 1.54) is 6.92 Å². The molecule has 0 atom stereocenters. The van der Waals surface area contributed by atoms with Gasteiger partial charge in [0.15, 0.2) is 0 Å². The van der Waals surface area contributed by atoms with E-state index in [0.29, 0.717) is 26.2 Å². The van der Waals surface area contributed by atoms with Crippen molar-refractivity contribution in [1.82, 2.24) is 19.8 Å². The Bertz CT molecular complexity index is 669. The quantitative estimate of drug-likeness (QED) is 0.618.